The molecule has 0 amide bonds. The van der Waals surface area contributed by atoms with Crippen LogP contribution in [-0.2, 0) is 9.53 Å². The first-order valence-electron chi connectivity index (χ1n) is 7.30. The van der Waals surface area contributed by atoms with Crippen molar-refractivity contribution in [1.29, 1.82) is 0 Å². The van der Waals surface area contributed by atoms with Gasteiger partial charge in [-0.25, -0.2) is 4.79 Å². The van der Waals surface area contributed by atoms with E-state index in [9.17, 15) is 4.79 Å². The Hall–Kier alpha value is -1.51. The Morgan fingerprint density at radius 3 is 2.10 bits per heavy atom. The molecule has 0 saturated heterocycles. The quantitative estimate of drug-likeness (QED) is 0.727. The van der Waals surface area contributed by atoms with Gasteiger partial charge >= 0.3 is 5.97 Å². The van der Waals surface area contributed by atoms with Gasteiger partial charge in [0.25, 0.3) is 0 Å². The fraction of sp³-hybridized carbons (Fsp3) is 0.588. The van der Waals surface area contributed by atoms with E-state index in [4.69, 9.17) is 9.47 Å². The third kappa shape index (κ3) is 5.64. The third-order valence-electron chi connectivity index (χ3n) is 3.11. The summed E-state index contributed by atoms with van der Waals surface area (Å²) in [5.74, 6) is 0.946. The summed E-state index contributed by atoms with van der Waals surface area (Å²) >= 11 is 0. The van der Waals surface area contributed by atoms with Gasteiger partial charge in [-0.3, -0.25) is 0 Å². The summed E-state index contributed by atoms with van der Waals surface area (Å²) < 4.78 is 10.6. The van der Waals surface area contributed by atoms with Crippen molar-refractivity contribution in [1.82, 2.24) is 0 Å². The predicted octanol–water partition coefficient (Wildman–Crippen LogP) is 4.31. The molecule has 20 heavy (non-hydrogen) atoms. The molecule has 0 fully saturated rings. The zero-order chi connectivity index (χ0) is 15.2. The zero-order valence-electron chi connectivity index (χ0n) is 13.2. The molecule has 1 rings (SSSR count). The molecular weight excluding hydrogens is 252 g/mol. The summed E-state index contributed by atoms with van der Waals surface area (Å²) in [6.45, 7) is 9.86. The molecular formula is C17H26O3. The fourth-order valence-corrected chi connectivity index (χ4v) is 2.11. The van der Waals surface area contributed by atoms with Crippen molar-refractivity contribution in [3.8, 4) is 5.75 Å². The van der Waals surface area contributed by atoms with Crippen molar-refractivity contribution < 1.29 is 14.3 Å². The SMILES string of the molecule is CCC(CC)c1ccc(OCC(=O)OC(C)(C)C)cc1. The topological polar surface area (TPSA) is 35.5 Å². The van der Waals surface area contributed by atoms with Crippen LogP contribution in [0.4, 0.5) is 0 Å². The van der Waals surface area contributed by atoms with Gasteiger partial charge in [0, 0.05) is 0 Å². The standard InChI is InChI=1S/C17H26O3/c1-6-13(7-2)14-8-10-15(11-9-14)19-12-16(18)20-17(3,4)5/h8-11,13H,6-7,12H2,1-5H3. The number of rotatable bonds is 6. The van der Waals surface area contributed by atoms with Gasteiger partial charge < -0.3 is 9.47 Å². The van der Waals surface area contributed by atoms with Crippen molar-refractivity contribution in [3.63, 3.8) is 0 Å². The zero-order valence-corrected chi connectivity index (χ0v) is 13.2. The molecule has 112 valence electrons. The van der Waals surface area contributed by atoms with E-state index >= 15 is 0 Å². The molecule has 0 unspecified atom stereocenters. The van der Waals surface area contributed by atoms with Crippen molar-refractivity contribution in [2.75, 3.05) is 6.61 Å². The van der Waals surface area contributed by atoms with Gasteiger partial charge in [0.1, 0.15) is 11.4 Å². The van der Waals surface area contributed by atoms with Gasteiger partial charge in [-0.05, 0) is 57.2 Å². The van der Waals surface area contributed by atoms with Crippen LogP contribution < -0.4 is 4.74 Å². The summed E-state index contributed by atoms with van der Waals surface area (Å²) in [7, 11) is 0. The molecule has 0 aliphatic rings. The van der Waals surface area contributed by atoms with E-state index in [-0.39, 0.29) is 12.6 Å². The lowest BCUT2D eigenvalue weighted by molar-refractivity contribution is -0.157. The average molecular weight is 278 g/mol. The Bertz CT molecular complexity index is 411. The van der Waals surface area contributed by atoms with Gasteiger partial charge in [-0.2, -0.15) is 0 Å². The van der Waals surface area contributed by atoms with Gasteiger partial charge in [0.05, 0.1) is 0 Å². The van der Waals surface area contributed by atoms with Crippen LogP contribution in [0.3, 0.4) is 0 Å². The Balaban J connectivity index is 2.52. The van der Waals surface area contributed by atoms with Crippen LogP contribution >= 0.6 is 0 Å². The second kappa shape index (κ2) is 7.32. The molecule has 0 aliphatic heterocycles. The van der Waals surface area contributed by atoms with Crippen LogP contribution in [0.1, 0.15) is 58.9 Å². The lowest BCUT2D eigenvalue weighted by atomic mass is 9.94. The minimum absolute atomic E-state index is 0.0540. The number of hydrogen-bond donors (Lipinski definition) is 0. The van der Waals surface area contributed by atoms with E-state index in [1.54, 1.807) is 0 Å². The van der Waals surface area contributed by atoms with Crippen LogP contribution in [0.5, 0.6) is 5.75 Å². The van der Waals surface area contributed by atoms with Crippen molar-refractivity contribution in [2.45, 2.75) is 59.0 Å². The maximum Gasteiger partial charge on any atom is 0.344 e. The second-order valence-electron chi connectivity index (χ2n) is 5.96. The average Bonchev–Trinajstić information content (AvgIpc) is 2.37. The molecule has 3 nitrogen and oxygen atoms in total. The Labute approximate surface area is 122 Å². The van der Waals surface area contributed by atoms with Crippen molar-refractivity contribution in [2.24, 2.45) is 0 Å². The highest BCUT2D eigenvalue weighted by Gasteiger charge is 2.16. The number of ether oxygens (including phenoxy) is 2. The summed E-state index contributed by atoms with van der Waals surface area (Å²) in [6, 6.07) is 7.97. The second-order valence-corrected chi connectivity index (χ2v) is 5.96. The Morgan fingerprint density at radius 1 is 1.10 bits per heavy atom. The smallest absolute Gasteiger partial charge is 0.344 e. The van der Waals surface area contributed by atoms with E-state index in [0.717, 1.165) is 12.8 Å². The van der Waals surface area contributed by atoms with E-state index in [1.165, 1.54) is 5.56 Å². The lowest BCUT2D eigenvalue weighted by Crippen LogP contribution is -2.27. The summed E-state index contributed by atoms with van der Waals surface area (Å²) in [5.41, 5.74) is 0.847. The highest BCUT2D eigenvalue weighted by molar-refractivity contribution is 5.71. The van der Waals surface area contributed by atoms with E-state index in [1.807, 2.05) is 32.9 Å². The third-order valence-corrected chi connectivity index (χ3v) is 3.11. The van der Waals surface area contributed by atoms with E-state index < -0.39 is 5.60 Å². The largest absolute Gasteiger partial charge is 0.482 e. The van der Waals surface area contributed by atoms with Gasteiger partial charge in [0.15, 0.2) is 6.61 Å². The molecule has 0 saturated carbocycles. The van der Waals surface area contributed by atoms with Crippen LogP contribution in [0.15, 0.2) is 24.3 Å². The lowest BCUT2D eigenvalue weighted by Gasteiger charge is -2.19. The highest BCUT2D eigenvalue weighted by atomic mass is 16.6. The summed E-state index contributed by atoms with van der Waals surface area (Å²) in [4.78, 5) is 11.6. The summed E-state index contributed by atoms with van der Waals surface area (Å²) in [6.07, 6.45) is 2.27. The maximum atomic E-state index is 11.6. The molecule has 0 radical (unpaired) electrons. The molecule has 0 bridgehead atoms. The van der Waals surface area contributed by atoms with Gasteiger partial charge in [-0.15, -0.1) is 0 Å². The normalized spacial score (nSPS) is 11.5. The molecule has 0 aliphatic carbocycles. The Morgan fingerprint density at radius 2 is 1.65 bits per heavy atom. The molecule has 0 spiro atoms. The van der Waals surface area contributed by atoms with Gasteiger partial charge in [0.2, 0.25) is 0 Å². The minimum atomic E-state index is -0.472. The number of carbonyl (C=O) groups excluding carboxylic acids is 1. The molecule has 3 heteroatoms. The predicted molar refractivity (Wildman–Crippen MR) is 81.1 cm³/mol. The van der Waals surface area contributed by atoms with Gasteiger partial charge in [-0.1, -0.05) is 26.0 Å². The number of hydrogen-bond acceptors (Lipinski definition) is 3. The van der Waals surface area contributed by atoms with Crippen LogP contribution in [0.2, 0.25) is 0 Å². The molecule has 1 aromatic rings. The first-order valence-corrected chi connectivity index (χ1v) is 7.30. The van der Waals surface area contributed by atoms with Crippen LogP contribution in [-0.4, -0.2) is 18.2 Å². The van der Waals surface area contributed by atoms with Crippen molar-refractivity contribution >= 4 is 5.97 Å². The van der Waals surface area contributed by atoms with Crippen molar-refractivity contribution in [3.05, 3.63) is 29.8 Å². The summed E-state index contributed by atoms with van der Waals surface area (Å²) in [5, 5.41) is 0. The number of benzene rings is 1. The van der Waals surface area contributed by atoms with E-state index in [0.29, 0.717) is 11.7 Å². The fourth-order valence-electron chi connectivity index (χ4n) is 2.11. The minimum Gasteiger partial charge on any atom is -0.482 e. The molecule has 0 atom stereocenters. The molecule has 0 N–H and O–H groups in total. The monoisotopic (exact) mass is 278 g/mol. The molecule has 0 aromatic heterocycles. The molecule has 0 heterocycles. The highest BCUT2D eigenvalue weighted by Crippen LogP contribution is 2.24. The Kier molecular flexibility index (Phi) is 6.05. The first kappa shape index (κ1) is 16.5. The first-order chi connectivity index (χ1) is 9.35. The van der Waals surface area contributed by atoms with E-state index in [2.05, 4.69) is 26.0 Å². The maximum absolute atomic E-state index is 11.6. The molecule has 1 aromatic carbocycles. The number of carbonyl (C=O) groups is 1. The van der Waals surface area contributed by atoms with Crippen LogP contribution in [0.25, 0.3) is 0 Å². The van der Waals surface area contributed by atoms with Crippen LogP contribution in [0, 0.1) is 0 Å². The number of esters is 1.